The molecule has 9 heavy (non-hydrogen) atoms. The van der Waals surface area contributed by atoms with Crippen molar-refractivity contribution in [1.82, 2.24) is 0 Å². The summed E-state index contributed by atoms with van der Waals surface area (Å²) in [5, 5.41) is 0. The molecule has 0 N–H and O–H groups in total. The molecule has 0 aromatic heterocycles. The number of carbonyl (C=O) groups excluding carboxylic acids is 2. The molecule has 0 bridgehead atoms. The number of esters is 1. The Labute approximate surface area is 63.7 Å². The fourth-order valence-corrected chi connectivity index (χ4v) is 0.203. The van der Waals surface area contributed by atoms with Crippen molar-refractivity contribution >= 4 is 11.8 Å². The molecule has 0 saturated heterocycles. The van der Waals surface area contributed by atoms with E-state index in [4.69, 9.17) is 0 Å². The van der Waals surface area contributed by atoms with E-state index in [-0.39, 0.29) is 28.9 Å². The van der Waals surface area contributed by atoms with Crippen molar-refractivity contribution < 1.29 is 30.8 Å². The van der Waals surface area contributed by atoms with Crippen LogP contribution in [-0.4, -0.2) is 18.4 Å². The van der Waals surface area contributed by atoms with Crippen LogP contribution in [0.1, 0.15) is 13.8 Å². The molecule has 0 saturated carbocycles. The third-order valence-corrected chi connectivity index (χ3v) is 0.479. The van der Waals surface area contributed by atoms with Crippen LogP contribution in [0, 0.1) is 0 Å². The van der Waals surface area contributed by atoms with Crippen molar-refractivity contribution in [2.75, 3.05) is 6.61 Å². The van der Waals surface area contributed by atoms with Crippen molar-refractivity contribution in [2.45, 2.75) is 13.8 Å². The van der Waals surface area contributed by atoms with E-state index in [2.05, 4.69) is 4.74 Å². The Hall–Kier alpha value is -0.366. The van der Waals surface area contributed by atoms with Gasteiger partial charge in [-0.15, -0.1) is 0 Å². The summed E-state index contributed by atoms with van der Waals surface area (Å²) in [6.45, 7) is 2.53. The van der Waals surface area contributed by atoms with E-state index < -0.39 is 5.97 Å². The summed E-state index contributed by atoms with van der Waals surface area (Å²) in [5.74, 6) is -0.555. The van der Waals surface area contributed by atoms with Crippen LogP contribution in [0.4, 0.5) is 0 Å². The molecule has 0 aromatic rings. The van der Waals surface area contributed by atoms with Crippen molar-refractivity contribution in [1.29, 1.82) is 0 Å². The minimum atomic E-state index is -0.416. The third kappa shape index (κ3) is 11.3. The average molecular weight is 175 g/mol. The van der Waals surface area contributed by atoms with E-state index in [0.717, 1.165) is 0 Å². The van der Waals surface area contributed by atoms with Crippen LogP contribution in [0.3, 0.4) is 0 Å². The summed E-state index contributed by atoms with van der Waals surface area (Å²) in [5.41, 5.74) is 0. The first-order valence-corrected chi connectivity index (χ1v) is 2.25. The Morgan fingerprint density at radius 2 is 1.78 bits per heavy atom. The Morgan fingerprint density at radius 3 is 1.89 bits per heavy atom. The van der Waals surface area contributed by atoms with Crippen LogP contribution in [-0.2, 0) is 30.8 Å². The normalized spacial score (nSPS) is 7.33. The number of hydrogen-bond donors (Lipinski definition) is 0. The zero-order valence-corrected chi connectivity index (χ0v) is 6.24. The average Bonchev–Trinajstić information content (AvgIpc) is 1.61. The van der Waals surface area contributed by atoms with Gasteiger partial charge >= 0.3 is 5.97 Å². The van der Waals surface area contributed by atoms with Gasteiger partial charge in [-0.3, -0.25) is 9.59 Å². The Morgan fingerprint density at radius 1 is 1.33 bits per heavy atom. The van der Waals surface area contributed by atoms with Gasteiger partial charge in [-0.25, -0.2) is 0 Å². The van der Waals surface area contributed by atoms with Gasteiger partial charge in [0, 0.05) is 23.4 Å². The molecule has 0 aliphatic heterocycles. The van der Waals surface area contributed by atoms with E-state index in [1.165, 1.54) is 13.8 Å². The molecule has 56 valence electrons. The maximum atomic E-state index is 10.1. The maximum Gasteiger partial charge on any atom is 0.303 e. The van der Waals surface area contributed by atoms with Crippen molar-refractivity contribution in [3.8, 4) is 0 Å². The fraction of sp³-hybridized carbons (Fsp3) is 0.600. The van der Waals surface area contributed by atoms with Crippen LogP contribution >= 0.6 is 0 Å². The molecule has 0 atom stereocenters. The van der Waals surface area contributed by atoms with E-state index in [0.29, 0.717) is 0 Å². The van der Waals surface area contributed by atoms with Gasteiger partial charge in [0.05, 0.1) is 0 Å². The summed E-state index contributed by atoms with van der Waals surface area (Å²) >= 11 is 0. The summed E-state index contributed by atoms with van der Waals surface area (Å²) in [6, 6.07) is 0. The second kappa shape index (κ2) is 5.76. The van der Waals surface area contributed by atoms with Gasteiger partial charge in [0.15, 0.2) is 5.78 Å². The zero-order chi connectivity index (χ0) is 6.57. The first-order chi connectivity index (χ1) is 3.63. The minimum absolute atomic E-state index is 0. The van der Waals surface area contributed by atoms with Crippen LogP contribution in [0.25, 0.3) is 0 Å². The molecule has 0 unspecified atom stereocenters. The van der Waals surface area contributed by atoms with Gasteiger partial charge in [0.1, 0.15) is 6.61 Å². The molecule has 0 rings (SSSR count). The van der Waals surface area contributed by atoms with Gasteiger partial charge in [-0.2, -0.15) is 0 Å². The first-order valence-electron chi connectivity index (χ1n) is 2.25. The second-order valence-corrected chi connectivity index (χ2v) is 1.48. The van der Waals surface area contributed by atoms with E-state index >= 15 is 0 Å². The van der Waals surface area contributed by atoms with Crippen molar-refractivity contribution in [2.24, 2.45) is 0 Å². The monoisotopic (exact) mass is 174 g/mol. The zero-order valence-electron chi connectivity index (χ0n) is 5.25. The minimum Gasteiger partial charge on any atom is -0.458 e. The number of rotatable bonds is 2. The summed E-state index contributed by atoms with van der Waals surface area (Å²) in [7, 11) is 0. The van der Waals surface area contributed by atoms with E-state index in [1.54, 1.807) is 0 Å². The molecule has 3 nitrogen and oxygen atoms in total. The van der Waals surface area contributed by atoms with Crippen LogP contribution in [0.15, 0.2) is 0 Å². The van der Waals surface area contributed by atoms with Crippen LogP contribution < -0.4 is 0 Å². The topological polar surface area (TPSA) is 43.4 Å². The summed E-state index contributed by atoms with van der Waals surface area (Å²) < 4.78 is 4.31. The Balaban J connectivity index is 0. The van der Waals surface area contributed by atoms with E-state index in [9.17, 15) is 9.59 Å². The largest absolute Gasteiger partial charge is 0.458 e. The first kappa shape index (κ1) is 11.4. The predicted octanol–water partition coefficient (Wildman–Crippen LogP) is 0.136. The number of carbonyl (C=O) groups is 2. The summed E-state index contributed by atoms with van der Waals surface area (Å²) in [6.07, 6.45) is 0. The standard InChI is InChI=1S/C5H8O3.Ni/c1-4(6)3-8-5(2)7;/h3H2,1-2H3;. The number of Topliss-reactive ketones (excluding diaryl/α,β-unsaturated/α-hetero) is 1. The third-order valence-electron chi connectivity index (χ3n) is 0.479. The van der Waals surface area contributed by atoms with Crippen molar-refractivity contribution in [3.63, 3.8) is 0 Å². The van der Waals surface area contributed by atoms with E-state index in [1.807, 2.05) is 0 Å². The smallest absolute Gasteiger partial charge is 0.303 e. The molecular weight excluding hydrogens is 167 g/mol. The molecule has 0 radical (unpaired) electrons. The molecule has 0 heterocycles. The van der Waals surface area contributed by atoms with Gasteiger partial charge in [0.2, 0.25) is 0 Å². The molecule has 0 aromatic carbocycles. The molecule has 0 spiro atoms. The van der Waals surface area contributed by atoms with Crippen LogP contribution in [0.5, 0.6) is 0 Å². The number of ether oxygens (including phenoxy) is 1. The second-order valence-electron chi connectivity index (χ2n) is 1.48. The number of hydrogen-bond acceptors (Lipinski definition) is 3. The molecule has 0 amide bonds. The maximum absolute atomic E-state index is 10.1. The SMILES string of the molecule is CC(=O)COC(C)=O.[Ni]. The van der Waals surface area contributed by atoms with Gasteiger partial charge in [0.25, 0.3) is 0 Å². The molecule has 4 heteroatoms. The van der Waals surface area contributed by atoms with Gasteiger partial charge < -0.3 is 4.74 Å². The Kier molecular flexibility index (Phi) is 7.32. The fourth-order valence-electron chi connectivity index (χ4n) is 0.203. The Bertz CT molecular complexity index is 96.8. The van der Waals surface area contributed by atoms with Gasteiger partial charge in [-0.1, -0.05) is 0 Å². The molecule has 0 fully saturated rings. The quantitative estimate of drug-likeness (QED) is 0.442. The predicted molar refractivity (Wildman–Crippen MR) is 27.3 cm³/mol. The molecular formula is C5H8NiO3. The number of ketones is 1. The van der Waals surface area contributed by atoms with Crippen LogP contribution in [0.2, 0.25) is 0 Å². The van der Waals surface area contributed by atoms with Crippen molar-refractivity contribution in [3.05, 3.63) is 0 Å². The molecule has 0 aliphatic carbocycles. The summed E-state index contributed by atoms with van der Waals surface area (Å²) in [4.78, 5) is 20.0. The van der Waals surface area contributed by atoms with Gasteiger partial charge in [-0.05, 0) is 6.92 Å². The molecule has 0 aliphatic rings.